The first-order valence-electron chi connectivity index (χ1n) is 9.43. The molecule has 8 heteroatoms. The Kier molecular flexibility index (Phi) is 7.31. The van der Waals surface area contributed by atoms with E-state index in [0.717, 1.165) is 11.3 Å². The summed E-state index contributed by atoms with van der Waals surface area (Å²) in [5.74, 6) is 1.43. The number of carbonyl (C=O) groups excluding carboxylic acids is 1. The zero-order valence-electron chi connectivity index (χ0n) is 17.0. The zero-order chi connectivity index (χ0) is 22.2. The molecule has 0 unspecified atom stereocenters. The quantitative estimate of drug-likeness (QED) is 0.304. The maximum Gasteiger partial charge on any atom is 0.267 e. The zero-order valence-corrected chi connectivity index (χ0v) is 17.8. The van der Waals surface area contributed by atoms with Gasteiger partial charge in [-0.25, -0.2) is 0 Å². The lowest BCUT2D eigenvalue weighted by Crippen LogP contribution is -2.13. The highest BCUT2D eigenvalue weighted by molar-refractivity contribution is 6.32. The van der Waals surface area contributed by atoms with Crippen LogP contribution >= 0.6 is 11.6 Å². The minimum absolute atomic E-state index is 0.100. The standard InChI is InChI=1S/C23H20ClN3O4/c1-15-3-6-19(7-4-15)29-9-10-30-21-8-5-17(13-20(21)24)12-18(14-25)23(28)26-22-11-16(2)31-27-22/h3-8,11-13H,9-10H2,1-2H3,(H,26,27,28)/b18-12-. The summed E-state index contributed by atoms with van der Waals surface area (Å²) in [6.07, 6.45) is 1.43. The molecule has 0 aliphatic rings. The van der Waals surface area contributed by atoms with Crippen LogP contribution in [0.1, 0.15) is 16.9 Å². The maximum atomic E-state index is 12.3. The Morgan fingerprint density at radius 3 is 2.55 bits per heavy atom. The van der Waals surface area contributed by atoms with Crippen LogP contribution in [0.15, 0.2) is 58.6 Å². The van der Waals surface area contributed by atoms with Crippen LogP contribution in [0, 0.1) is 25.2 Å². The Labute approximate surface area is 184 Å². The Morgan fingerprint density at radius 1 is 1.16 bits per heavy atom. The minimum Gasteiger partial charge on any atom is -0.490 e. The van der Waals surface area contributed by atoms with Crippen LogP contribution in [0.3, 0.4) is 0 Å². The fourth-order valence-electron chi connectivity index (χ4n) is 2.59. The van der Waals surface area contributed by atoms with E-state index in [4.69, 9.17) is 25.6 Å². The number of hydrogen-bond donors (Lipinski definition) is 1. The van der Waals surface area contributed by atoms with Gasteiger partial charge in [0.05, 0.1) is 5.02 Å². The smallest absolute Gasteiger partial charge is 0.267 e. The van der Waals surface area contributed by atoms with Crippen molar-refractivity contribution < 1.29 is 18.8 Å². The summed E-state index contributed by atoms with van der Waals surface area (Å²) in [6, 6.07) is 16.2. The molecule has 1 aromatic heterocycles. The van der Waals surface area contributed by atoms with Crippen molar-refractivity contribution in [1.82, 2.24) is 5.16 Å². The SMILES string of the molecule is Cc1ccc(OCCOc2ccc(/C=C(/C#N)C(=O)Nc3cc(C)on3)cc2Cl)cc1. The van der Waals surface area contributed by atoms with Crippen LogP contribution in [0.5, 0.6) is 11.5 Å². The molecule has 0 fully saturated rings. The molecule has 0 bridgehead atoms. The summed E-state index contributed by atoms with van der Waals surface area (Å²) in [6.45, 7) is 4.38. The van der Waals surface area contributed by atoms with Gasteiger partial charge in [0.1, 0.15) is 42.1 Å². The van der Waals surface area contributed by atoms with E-state index in [9.17, 15) is 10.1 Å². The van der Waals surface area contributed by atoms with E-state index in [1.165, 1.54) is 6.08 Å². The Morgan fingerprint density at radius 2 is 1.90 bits per heavy atom. The first kappa shape index (κ1) is 21.9. The van der Waals surface area contributed by atoms with Crippen molar-refractivity contribution in [3.05, 3.63) is 76.0 Å². The van der Waals surface area contributed by atoms with Crippen molar-refractivity contribution >= 4 is 29.4 Å². The van der Waals surface area contributed by atoms with Crippen molar-refractivity contribution in [1.29, 1.82) is 5.26 Å². The third-order valence-electron chi connectivity index (χ3n) is 4.13. The lowest BCUT2D eigenvalue weighted by molar-refractivity contribution is -0.112. The first-order chi connectivity index (χ1) is 14.9. The average molecular weight is 438 g/mol. The molecule has 3 aromatic rings. The summed E-state index contributed by atoms with van der Waals surface area (Å²) in [5.41, 5.74) is 1.64. The molecule has 31 heavy (non-hydrogen) atoms. The molecule has 3 rings (SSSR count). The molecule has 0 atom stereocenters. The van der Waals surface area contributed by atoms with E-state index in [1.807, 2.05) is 37.3 Å². The highest BCUT2D eigenvalue weighted by atomic mass is 35.5. The molecule has 2 aromatic carbocycles. The summed E-state index contributed by atoms with van der Waals surface area (Å²) in [4.78, 5) is 12.3. The van der Waals surface area contributed by atoms with E-state index in [0.29, 0.717) is 35.3 Å². The van der Waals surface area contributed by atoms with Crippen LogP contribution in [0.2, 0.25) is 5.02 Å². The summed E-state index contributed by atoms with van der Waals surface area (Å²) in [5, 5.41) is 15.9. The molecule has 1 heterocycles. The van der Waals surface area contributed by atoms with Gasteiger partial charge in [-0.1, -0.05) is 40.5 Å². The van der Waals surface area contributed by atoms with E-state index < -0.39 is 5.91 Å². The third-order valence-corrected chi connectivity index (χ3v) is 4.43. The second-order valence-electron chi connectivity index (χ2n) is 6.65. The molecule has 158 valence electrons. The Hall–Kier alpha value is -3.76. The van der Waals surface area contributed by atoms with E-state index in [1.54, 1.807) is 31.2 Å². The lowest BCUT2D eigenvalue weighted by Gasteiger charge is -2.10. The van der Waals surface area contributed by atoms with Crippen molar-refractivity contribution in [2.45, 2.75) is 13.8 Å². The second kappa shape index (κ2) is 10.3. The molecular formula is C23H20ClN3O4. The largest absolute Gasteiger partial charge is 0.490 e. The number of nitrogens with one attached hydrogen (secondary N) is 1. The Bertz CT molecular complexity index is 1130. The number of anilines is 1. The molecule has 1 N–H and O–H groups in total. The van der Waals surface area contributed by atoms with Crippen LogP contribution in [-0.2, 0) is 4.79 Å². The van der Waals surface area contributed by atoms with Gasteiger partial charge in [0.2, 0.25) is 0 Å². The number of nitrogens with zero attached hydrogens (tertiary/aromatic N) is 2. The number of carbonyl (C=O) groups is 1. The van der Waals surface area contributed by atoms with Crippen molar-refractivity contribution in [2.24, 2.45) is 0 Å². The van der Waals surface area contributed by atoms with Crippen molar-refractivity contribution in [2.75, 3.05) is 18.5 Å². The summed E-state index contributed by atoms with van der Waals surface area (Å²) in [7, 11) is 0. The summed E-state index contributed by atoms with van der Waals surface area (Å²) >= 11 is 6.28. The lowest BCUT2D eigenvalue weighted by atomic mass is 10.1. The molecular weight excluding hydrogens is 418 g/mol. The topological polar surface area (TPSA) is 97.4 Å². The van der Waals surface area contributed by atoms with Crippen molar-refractivity contribution in [3.8, 4) is 17.6 Å². The van der Waals surface area contributed by atoms with Crippen LogP contribution in [-0.4, -0.2) is 24.3 Å². The van der Waals surface area contributed by atoms with Gasteiger partial charge < -0.3 is 19.3 Å². The summed E-state index contributed by atoms with van der Waals surface area (Å²) < 4.78 is 16.2. The predicted molar refractivity (Wildman–Crippen MR) is 117 cm³/mol. The van der Waals surface area contributed by atoms with Gasteiger partial charge in [0, 0.05) is 6.07 Å². The van der Waals surface area contributed by atoms with Gasteiger partial charge in [-0.2, -0.15) is 5.26 Å². The number of nitriles is 1. The second-order valence-corrected chi connectivity index (χ2v) is 7.05. The number of ether oxygens (including phenoxy) is 2. The average Bonchev–Trinajstić information content (AvgIpc) is 3.16. The number of hydrogen-bond acceptors (Lipinski definition) is 6. The van der Waals surface area contributed by atoms with Crippen LogP contribution in [0.4, 0.5) is 5.82 Å². The molecule has 0 spiro atoms. The number of benzene rings is 2. The van der Waals surface area contributed by atoms with Crippen molar-refractivity contribution in [3.63, 3.8) is 0 Å². The molecule has 0 saturated heterocycles. The molecule has 0 aliphatic heterocycles. The first-order valence-corrected chi connectivity index (χ1v) is 9.80. The maximum absolute atomic E-state index is 12.3. The highest BCUT2D eigenvalue weighted by Gasteiger charge is 2.12. The molecule has 0 radical (unpaired) electrons. The molecule has 0 aliphatic carbocycles. The third kappa shape index (κ3) is 6.36. The van der Waals surface area contributed by atoms with Gasteiger partial charge in [-0.15, -0.1) is 0 Å². The van der Waals surface area contributed by atoms with Crippen LogP contribution < -0.4 is 14.8 Å². The van der Waals surface area contributed by atoms with E-state index >= 15 is 0 Å². The molecule has 7 nitrogen and oxygen atoms in total. The van der Waals surface area contributed by atoms with E-state index in [-0.39, 0.29) is 11.4 Å². The monoisotopic (exact) mass is 437 g/mol. The van der Waals surface area contributed by atoms with Gasteiger partial charge in [0.15, 0.2) is 5.82 Å². The van der Waals surface area contributed by atoms with E-state index in [2.05, 4.69) is 10.5 Å². The molecule has 1 amide bonds. The van der Waals surface area contributed by atoms with Gasteiger partial charge in [-0.3, -0.25) is 4.79 Å². The fraction of sp³-hybridized carbons (Fsp3) is 0.174. The Balaban J connectivity index is 1.57. The number of amides is 1. The normalized spacial score (nSPS) is 11.0. The number of halogens is 1. The fourth-order valence-corrected chi connectivity index (χ4v) is 2.84. The number of rotatable bonds is 8. The minimum atomic E-state index is -0.597. The highest BCUT2D eigenvalue weighted by Crippen LogP contribution is 2.26. The van der Waals surface area contributed by atoms with Gasteiger partial charge in [0.25, 0.3) is 5.91 Å². The van der Waals surface area contributed by atoms with Gasteiger partial charge in [-0.05, 0) is 49.8 Å². The van der Waals surface area contributed by atoms with Crippen LogP contribution in [0.25, 0.3) is 6.08 Å². The van der Waals surface area contributed by atoms with Gasteiger partial charge >= 0.3 is 0 Å². The number of aryl methyl sites for hydroxylation is 2. The molecule has 0 saturated carbocycles. The predicted octanol–water partition coefficient (Wildman–Crippen LogP) is 4.95. The number of aromatic nitrogens is 1.